The normalized spacial score (nSPS) is 15.3. The van der Waals surface area contributed by atoms with E-state index in [1.165, 1.54) is 12.8 Å². The molecule has 0 bridgehead atoms. The minimum atomic E-state index is -0.941. The van der Waals surface area contributed by atoms with E-state index in [4.69, 9.17) is 5.11 Å². The summed E-state index contributed by atoms with van der Waals surface area (Å²) in [6.07, 6.45) is 4.57. The molecule has 1 fully saturated rings. The van der Waals surface area contributed by atoms with Crippen molar-refractivity contribution in [2.45, 2.75) is 39.2 Å². The lowest BCUT2D eigenvalue weighted by Gasteiger charge is -2.34. The molecule has 26 heavy (non-hydrogen) atoms. The summed E-state index contributed by atoms with van der Waals surface area (Å²) in [6, 6.07) is 6.56. The fourth-order valence-corrected chi connectivity index (χ4v) is 3.33. The van der Waals surface area contributed by atoms with Gasteiger partial charge in [-0.15, -0.1) is 0 Å². The first-order chi connectivity index (χ1) is 12.5. The van der Waals surface area contributed by atoms with Gasteiger partial charge in [0.05, 0.1) is 5.56 Å². The Kier molecular flexibility index (Phi) is 7.91. The fraction of sp³-hybridized carbons (Fsp3) is 0.600. The monoisotopic (exact) mass is 361 g/mol. The van der Waals surface area contributed by atoms with Crippen LogP contribution in [0.5, 0.6) is 0 Å². The van der Waals surface area contributed by atoms with Gasteiger partial charge in [0.15, 0.2) is 0 Å². The summed E-state index contributed by atoms with van der Waals surface area (Å²) in [6.45, 7) is 6.50. The number of likely N-dealkylation sites (tertiary alicyclic amines) is 1. The molecular formula is C20H31N3O3. The van der Waals surface area contributed by atoms with Crippen molar-refractivity contribution in [3.63, 3.8) is 0 Å². The summed E-state index contributed by atoms with van der Waals surface area (Å²) in [5.41, 5.74) is 1.15. The average molecular weight is 361 g/mol. The Hall–Kier alpha value is -2.08. The van der Waals surface area contributed by atoms with Crippen LogP contribution in [0.15, 0.2) is 24.3 Å². The summed E-state index contributed by atoms with van der Waals surface area (Å²) in [4.78, 5) is 27.5. The van der Waals surface area contributed by atoms with E-state index >= 15 is 0 Å². The molecule has 6 nitrogen and oxygen atoms in total. The molecule has 0 radical (unpaired) electrons. The van der Waals surface area contributed by atoms with Crippen molar-refractivity contribution in [1.82, 2.24) is 15.1 Å². The number of rotatable bonds is 8. The van der Waals surface area contributed by atoms with Crippen molar-refractivity contribution in [1.29, 1.82) is 0 Å². The van der Waals surface area contributed by atoms with Crippen LogP contribution in [0.1, 0.15) is 48.5 Å². The van der Waals surface area contributed by atoms with Gasteiger partial charge in [0.2, 0.25) is 0 Å². The molecule has 1 saturated heterocycles. The Morgan fingerprint density at radius 3 is 2.46 bits per heavy atom. The van der Waals surface area contributed by atoms with E-state index in [0.29, 0.717) is 12.5 Å². The minimum absolute atomic E-state index is 0.0369. The number of urea groups is 1. The molecule has 1 aliphatic heterocycles. The van der Waals surface area contributed by atoms with Gasteiger partial charge in [-0.3, -0.25) is 0 Å². The van der Waals surface area contributed by atoms with Crippen LogP contribution in [-0.2, 0) is 6.54 Å². The van der Waals surface area contributed by atoms with Crippen molar-refractivity contribution in [3.8, 4) is 0 Å². The Bertz CT molecular complexity index is 580. The average Bonchev–Trinajstić information content (AvgIpc) is 2.65. The number of carboxylic acid groups (broad SMARTS) is 1. The van der Waals surface area contributed by atoms with E-state index in [1.54, 1.807) is 24.3 Å². The number of carbonyl (C=O) groups excluding carboxylic acids is 1. The number of nitrogens with one attached hydrogen (secondary N) is 1. The molecule has 0 atom stereocenters. The summed E-state index contributed by atoms with van der Waals surface area (Å²) >= 11 is 0. The van der Waals surface area contributed by atoms with Gasteiger partial charge in [-0.25, -0.2) is 9.59 Å². The molecule has 144 valence electrons. The number of benzene rings is 1. The van der Waals surface area contributed by atoms with Crippen molar-refractivity contribution < 1.29 is 14.7 Å². The molecule has 1 aliphatic rings. The second-order valence-corrected chi connectivity index (χ2v) is 7.21. The van der Waals surface area contributed by atoms with Gasteiger partial charge >= 0.3 is 12.0 Å². The highest BCUT2D eigenvalue weighted by Gasteiger charge is 2.23. The third-order valence-corrected chi connectivity index (χ3v) is 5.01. The Labute approximate surface area is 156 Å². The standard InChI is InChI=1S/C20H31N3O3/c1-3-4-11-22(2)15-17-9-12-23(13-10-17)20(26)21-14-16-5-7-18(8-6-16)19(24)25/h5-8,17H,3-4,9-15H2,1-2H3,(H,21,26)(H,24,25). The lowest BCUT2D eigenvalue weighted by molar-refractivity contribution is 0.0697. The lowest BCUT2D eigenvalue weighted by atomic mass is 9.96. The maximum absolute atomic E-state index is 12.3. The summed E-state index contributed by atoms with van der Waals surface area (Å²) < 4.78 is 0. The highest BCUT2D eigenvalue weighted by Crippen LogP contribution is 2.18. The van der Waals surface area contributed by atoms with Gasteiger partial charge in [0.1, 0.15) is 0 Å². The molecule has 2 N–H and O–H groups in total. The Morgan fingerprint density at radius 2 is 1.88 bits per heavy atom. The number of carboxylic acids is 1. The van der Waals surface area contributed by atoms with Crippen LogP contribution in [0.25, 0.3) is 0 Å². The largest absolute Gasteiger partial charge is 0.478 e. The molecule has 2 amide bonds. The Balaban J connectivity index is 1.70. The highest BCUT2D eigenvalue weighted by atomic mass is 16.4. The van der Waals surface area contributed by atoms with E-state index in [2.05, 4.69) is 24.2 Å². The van der Waals surface area contributed by atoms with Gasteiger partial charge in [-0.2, -0.15) is 0 Å². The second-order valence-electron chi connectivity index (χ2n) is 7.21. The number of hydrogen-bond acceptors (Lipinski definition) is 3. The van der Waals surface area contributed by atoms with Gasteiger partial charge in [0, 0.05) is 26.2 Å². The fourth-order valence-electron chi connectivity index (χ4n) is 3.33. The van der Waals surface area contributed by atoms with Crippen molar-refractivity contribution >= 4 is 12.0 Å². The third kappa shape index (κ3) is 6.33. The molecule has 0 aromatic heterocycles. The van der Waals surface area contributed by atoms with Crippen LogP contribution in [0.2, 0.25) is 0 Å². The summed E-state index contributed by atoms with van der Waals surface area (Å²) in [5, 5.41) is 11.8. The topological polar surface area (TPSA) is 72.9 Å². The molecule has 0 unspecified atom stereocenters. The maximum atomic E-state index is 12.3. The van der Waals surface area contributed by atoms with E-state index in [9.17, 15) is 9.59 Å². The van der Waals surface area contributed by atoms with E-state index in [1.807, 2.05) is 4.90 Å². The predicted molar refractivity (Wildman–Crippen MR) is 102 cm³/mol. The van der Waals surface area contributed by atoms with Crippen LogP contribution >= 0.6 is 0 Å². The third-order valence-electron chi connectivity index (χ3n) is 5.01. The molecule has 1 aromatic rings. The van der Waals surface area contributed by atoms with Gasteiger partial charge in [-0.05, 0) is 56.5 Å². The van der Waals surface area contributed by atoms with E-state index < -0.39 is 5.97 Å². The summed E-state index contributed by atoms with van der Waals surface area (Å²) in [5.74, 6) is -0.270. The summed E-state index contributed by atoms with van der Waals surface area (Å²) in [7, 11) is 2.18. The quantitative estimate of drug-likeness (QED) is 0.746. The zero-order valence-electron chi connectivity index (χ0n) is 15.9. The van der Waals surface area contributed by atoms with Crippen molar-refractivity contribution in [3.05, 3.63) is 35.4 Å². The number of carbonyl (C=O) groups is 2. The number of hydrogen-bond donors (Lipinski definition) is 2. The molecule has 6 heteroatoms. The van der Waals surface area contributed by atoms with E-state index in [-0.39, 0.29) is 11.6 Å². The number of amides is 2. The van der Waals surface area contributed by atoms with Crippen LogP contribution < -0.4 is 5.32 Å². The van der Waals surface area contributed by atoms with Crippen LogP contribution in [0.4, 0.5) is 4.79 Å². The van der Waals surface area contributed by atoms with Crippen LogP contribution in [-0.4, -0.2) is 60.1 Å². The molecule has 1 aromatic carbocycles. The smallest absolute Gasteiger partial charge is 0.335 e. The minimum Gasteiger partial charge on any atom is -0.478 e. The molecule has 0 spiro atoms. The zero-order valence-corrected chi connectivity index (χ0v) is 15.9. The number of aromatic carboxylic acids is 1. The van der Waals surface area contributed by atoms with Crippen molar-refractivity contribution in [2.24, 2.45) is 5.92 Å². The lowest BCUT2D eigenvalue weighted by Crippen LogP contribution is -2.45. The van der Waals surface area contributed by atoms with Gasteiger partial charge < -0.3 is 20.2 Å². The molecule has 0 aliphatic carbocycles. The molecular weight excluding hydrogens is 330 g/mol. The number of unbranched alkanes of at least 4 members (excludes halogenated alkanes) is 1. The second kappa shape index (κ2) is 10.2. The van der Waals surface area contributed by atoms with Gasteiger partial charge in [0.25, 0.3) is 0 Å². The predicted octanol–water partition coefficient (Wildman–Crippen LogP) is 3.04. The van der Waals surface area contributed by atoms with E-state index in [0.717, 1.165) is 44.6 Å². The number of piperidine rings is 1. The van der Waals surface area contributed by atoms with Crippen molar-refractivity contribution in [2.75, 3.05) is 33.2 Å². The van der Waals surface area contributed by atoms with Crippen LogP contribution in [0.3, 0.4) is 0 Å². The SMILES string of the molecule is CCCCN(C)CC1CCN(C(=O)NCc2ccc(C(=O)O)cc2)CC1. The van der Waals surface area contributed by atoms with Gasteiger partial charge in [-0.1, -0.05) is 25.5 Å². The maximum Gasteiger partial charge on any atom is 0.335 e. The first-order valence-electron chi connectivity index (χ1n) is 9.53. The molecule has 2 rings (SSSR count). The first-order valence-corrected chi connectivity index (χ1v) is 9.53. The first kappa shape index (κ1) is 20.2. The number of nitrogens with zero attached hydrogens (tertiary/aromatic N) is 2. The zero-order chi connectivity index (χ0) is 18.9. The molecule has 1 heterocycles. The van der Waals surface area contributed by atoms with Crippen LogP contribution in [0, 0.1) is 5.92 Å². The highest BCUT2D eigenvalue weighted by molar-refractivity contribution is 5.87. The Morgan fingerprint density at radius 1 is 1.23 bits per heavy atom. The molecule has 0 saturated carbocycles.